The maximum Gasteiger partial charge on any atom is 0.450 e. The lowest BCUT2D eigenvalue weighted by atomic mass is 10.5. The minimum atomic E-state index is -3.96. The summed E-state index contributed by atoms with van der Waals surface area (Å²) in [7, 11) is 0. The molecule has 0 spiro atoms. The summed E-state index contributed by atoms with van der Waals surface area (Å²) < 4.78 is 50.3. The minimum Gasteiger partial charge on any atom is -0.417 e. The molecule has 1 rings (SSSR count). The third kappa shape index (κ3) is 0.960. The van der Waals surface area contributed by atoms with Crippen LogP contribution in [0.4, 0.5) is 17.6 Å². The molecule has 0 atom stereocenters. The molecule has 1 aliphatic rings. The molecule has 0 saturated carbocycles. The van der Waals surface area contributed by atoms with E-state index in [4.69, 9.17) is 0 Å². The predicted molar refractivity (Wildman–Crippen MR) is 23.8 cm³/mol. The second kappa shape index (κ2) is 1.96. The number of alkyl halides is 2. The lowest BCUT2D eigenvalue weighted by Gasteiger charge is -2.05. The van der Waals surface area contributed by atoms with Crippen LogP contribution in [0.15, 0.2) is 16.8 Å². The first-order chi connectivity index (χ1) is 4.54. The Morgan fingerprint density at radius 3 is 2.30 bits per heavy atom. The topological polar surface area (TPSA) is 21.6 Å². The Morgan fingerprint density at radius 2 is 2.10 bits per heavy atom. The largest absolute Gasteiger partial charge is 0.450 e. The van der Waals surface area contributed by atoms with Crippen LogP contribution in [-0.4, -0.2) is 12.5 Å². The van der Waals surface area contributed by atoms with Crippen molar-refractivity contribution in [3.63, 3.8) is 0 Å². The highest BCUT2D eigenvalue weighted by atomic mass is 19.3. The number of aliphatic imine (C=N–C) groups is 1. The Morgan fingerprint density at radius 1 is 1.50 bits per heavy atom. The Hall–Kier alpha value is -1.07. The Bertz CT molecular complexity index is 205. The number of ether oxygens (including phenoxy) is 1. The molecule has 0 aliphatic carbocycles. The number of halogens is 4. The molecule has 0 aromatic rings. The molecule has 10 heavy (non-hydrogen) atoms. The van der Waals surface area contributed by atoms with E-state index in [1.165, 1.54) is 0 Å². The van der Waals surface area contributed by atoms with Crippen LogP contribution in [0.5, 0.6) is 0 Å². The SMILES string of the molecule is FC(F)=C1N=COC1(F)F. The van der Waals surface area contributed by atoms with Gasteiger partial charge in [-0.15, -0.1) is 0 Å². The van der Waals surface area contributed by atoms with Gasteiger partial charge in [0, 0.05) is 0 Å². The van der Waals surface area contributed by atoms with Crippen molar-refractivity contribution in [1.82, 2.24) is 0 Å². The molecule has 0 aromatic carbocycles. The van der Waals surface area contributed by atoms with Gasteiger partial charge in [0.15, 0.2) is 6.40 Å². The smallest absolute Gasteiger partial charge is 0.417 e. The van der Waals surface area contributed by atoms with E-state index in [0.29, 0.717) is 0 Å². The zero-order valence-electron chi connectivity index (χ0n) is 4.44. The van der Waals surface area contributed by atoms with Crippen molar-refractivity contribution < 1.29 is 22.3 Å². The fourth-order valence-corrected chi connectivity index (χ4v) is 0.435. The standard InChI is InChI=1S/C4HF4NO/c5-3(6)2-4(7,8)10-1-9-2/h1H. The summed E-state index contributed by atoms with van der Waals surface area (Å²) in [5.41, 5.74) is -1.62. The van der Waals surface area contributed by atoms with Gasteiger partial charge in [-0.05, 0) is 0 Å². The van der Waals surface area contributed by atoms with Gasteiger partial charge in [-0.2, -0.15) is 17.6 Å². The average Bonchev–Trinajstić information content (AvgIpc) is 2.08. The summed E-state index contributed by atoms with van der Waals surface area (Å²) in [6, 6.07) is 0. The van der Waals surface area contributed by atoms with E-state index in [9.17, 15) is 17.6 Å². The molecule has 0 bridgehead atoms. The first-order valence-corrected chi connectivity index (χ1v) is 2.18. The predicted octanol–water partition coefficient (Wildman–Crippen LogP) is 1.75. The van der Waals surface area contributed by atoms with E-state index in [1.807, 2.05) is 0 Å². The van der Waals surface area contributed by atoms with Crippen LogP contribution in [0.1, 0.15) is 0 Å². The van der Waals surface area contributed by atoms with E-state index < -0.39 is 17.9 Å². The van der Waals surface area contributed by atoms with Gasteiger partial charge < -0.3 is 4.74 Å². The molecule has 0 unspecified atom stereocenters. The second-order valence-corrected chi connectivity index (χ2v) is 1.48. The van der Waals surface area contributed by atoms with Crippen LogP contribution in [0.2, 0.25) is 0 Å². The Kier molecular flexibility index (Phi) is 1.38. The maximum absolute atomic E-state index is 12.0. The third-order valence-corrected chi connectivity index (χ3v) is 0.837. The summed E-state index contributed by atoms with van der Waals surface area (Å²) in [6.45, 7) is 0. The van der Waals surface area contributed by atoms with Crippen LogP contribution >= 0.6 is 0 Å². The van der Waals surface area contributed by atoms with Gasteiger partial charge in [0.2, 0.25) is 5.70 Å². The Balaban J connectivity index is 2.98. The molecule has 1 heterocycles. The number of rotatable bonds is 0. The summed E-state index contributed by atoms with van der Waals surface area (Å²) in [5, 5.41) is 0. The van der Waals surface area contributed by atoms with Gasteiger partial charge in [-0.3, -0.25) is 0 Å². The Labute approximate surface area is 52.8 Å². The zero-order chi connectivity index (χ0) is 7.78. The molecule has 56 valence electrons. The summed E-state index contributed by atoms with van der Waals surface area (Å²) >= 11 is 0. The van der Waals surface area contributed by atoms with Crippen LogP contribution in [-0.2, 0) is 4.74 Å². The van der Waals surface area contributed by atoms with Gasteiger partial charge in [-0.25, -0.2) is 4.99 Å². The summed E-state index contributed by atoms with van der Waals surface area (Å²) in [6.07, 6.45) is -6.20. The van der Waals surface area contributed by atoms with Crippen molar-refractivity contribution >= 4 is 6.40 Å². The number of hydrogen-bond donors (Lipinski definition) is 0. The highest BCUT2D eigenvalue weighted by Gasteiger charge is 2.43. The lowest BCUT2D eigenvalue weighted by Crippen LogP contribution is -2.16. The maximum atomic E-state index is 12.0. The van der Waals surface area contributed by atoms with E-state index in [2.05, 4.69) is 9.73 Å². The van der Waals surface area contributed by atoms with Gasteiger partial charge in [0.25, 0.3) is 0 Å². The van der Waals surface area contributed by atoms with Crippen LogP contribution < -0.4 is 0 Å². The van der Waals surface area contributed by atoms with Crippen molar-refractivity contribution in [3.05, 3.63) is 11.8 Å². The summed E-state index contributed by atoms with van der Waals surface area (Å²) in [5.74, 6) is 0. The number of nitrogens with zero attached hydrogens (tertiary/aromatic N) is 1. The van der Waals surface area contributed by atoms with Crippen LogP contribution in [0.3, 0.4) is 0 Å². The number of hydrogen-bond acceptors (Lipinski definition) is 2. The highest BCUT2D eigenvalue weighted by molar-refractivity contribution is 5.54. The average molecular weight is 155 g/mol. The molecule has 0 N–H and O–H groups in total. The summed E-state index contributed by atoms with van der Waals surface area (Å²) in [4.78, 5) is 2.62. The van der Waals surface area contributed by atoms with Crippen molar-refractivity contribution in [2.75, 3.05) is 0 Å². The molecule has 0 radical (unpaired) electrons. The fourth-order valence-electron chi connectivity index (χ4n) is 0.435. The van der Waals surface area contributed by atoms with E-state index in [-0.39, 0.29) is 6.40 Å². The van der Waals surface area contributed by atoms with Crippen LogP contribution in [0, 0.1) is 0 Å². The minimum absolute atomic E-state index is 0.286. The van der Waals surface area contributed by atoms with E-state index in [0.717, 1.165) is 0 Å². The second-order valence-electron chi connectivity index (χ2n) is 1.48. The fraction of sp³-hybridized carbons (Fsp3) is 0.250. The molecule has 1 aliphatic heterocycles. The van der Waals surface area contributed by atoms with Gasteiger partial charge in [0.1, 0.15) is 0 Å². The van der Waals surface area contributed by atoms with Gasteiger partial charge in [-0.1, -0.05) is 0 Å². The van der Waals surface area contributed by atoms with E-state index in [1.54, 1.807) is 0 Å². The van der Waals surface area contributed by atoms with Crippen molar-refractivity contribution in [3.8, 4) is 0 Å². The third-order valence-electron chi connectivity index (χ3n) is 0.837. The lowest BCUT2D eigenvalue weighted by molar-refractivity contribution is -0.140. The van der Waals surface area contributed by atoms with Gasteiger partial charge in [0.05, 0.1) is 0 Å². The molecule has 0 aromatic heterocycles. The van der Waals surface area contributed by atoms with Crippen molar-refractivity contribution in [2.45, 2.75) is 6.11 Å². The van der Waals surface area contributed by atoms with Crippen LogP contribution in [0.25, 0.3) is 0 Å². The van der Waals surface area contributed by atoms with Crippen molar-refractivity contribution in [2.24, 2.45) is 4.99 Å². The molecule has 0 saturated heterocycles. The molecule has 6 heteroatoms. The molecule has 0 amide bonds. The van der Waals surface area contributed by atoms with E-state index >= 15 is 0 Å². The monoisotopic (exact) mass is 155 g/mol. The molecular formula is C4HF4NO. The first kappa shape index (κ1) is 7.04. The first-order valence-electron chi connectivity index (χ1n) is 2.18. The van der Waals surface area contributed by atoms with Gasteiger partial charge >= 0.3 is 12.2 Å². The van der Waals surface area contributed by atoms with Crippen molar-refractivity contribution in [1.29, 1.82) is 0 Å². The molecule has 2 nitrogen and oxygen atoms in total. The normalized spacial score (nSPS) is 21.0. The molecule has 0 fully saturated rings. The highest BCUT2D eigenvalue weighted by Crippen LogP contribution is 2.33. The molecular weight excluding hydrogens is 154 g/mol. The zero-order valence-corrected chi connectivity index (χ0v) is 4.44. The quantitative estimate of drug-likeness (QED) is 0.488.